The van der Waals surface area contributed by atoms with Crippen LogP contribution >= 0.6 is 0 Å². The molecule has 104 valence electrons. The topological polar surface area (TPSA) is 83.9 Å². The summed E-state index contributed by atoms with van der Waals surface area (Å²) in [6, 6.07) is 4.87. The number of methoxy groups -OCH3 is 1. The van der Waals surface area contributed by atoms with E-state index in [0.717, 1.165) is 24.4 Å². The number of likely N-dealkylation sites (N-methyl/N-ethyl adjacent to an activating group) is 1. The summed E-state index contributed by atoms with van der Waals surface area (Å²) < 4.78 is 4.26. The second kappa shape index (κ2) is 5.16. The molecule has 0 saturated heterocycles. The Morgan fingerprint density at radius 1 is 1.40 bits per heavy atom. The molecule has 0 aromatic heterocycles. The number of ether oxygens (including phenoxy) is 1. The van der Waals surface area contributed by atoms with E-state index in [0.29, 0.717) is 5.56 Å². The SMILES string of the molecule is COC(=O)C(=O)/C=C(\O)c1ccc2c(c1)CC(=O)N2C. The van der Waals surface area contributed by atoms with Crippen LogP contribution in [0.1, 0.15) is 11.1 Å². The van der Waals surface area contributed by atoms with Crippen LogP contribution in [0.4, 0.5) is 5.69 Å². The van der Waals surface area contributed by atoms with Crippen molar-refractivity contribution in [3.8, 4) is 0 Å². The summed E-state index contributed by atoms with van der Waals surface area (Å²) >= 11 is 0. The van der Waals surface area contributed by atoms with E-state index < -0.39 is 11.8 Å². The Bertz CT molecular complexity index is 632. The Labute approximate surface area is 115 Å². The Morgan fingerprint density at radius 3 is 2.75 bits per heavy atom. The van der Waals surface area contributed by atoms with Crippen molar-refractivity contribution in [3.63, 3.8) is 0 Å². The molecule has 1 heterocycles. The van der Waals surface area contributed by atoms with Crippen molar-refractivity contribution in [3.05, 3.63) is 35.4 Å². The highest BCUT2D eigenvalue weighted by Gasteiger charge is 2.24. The summed E-state index contributed by atoms with van der Waals surface area (Å²) in [5.74, 6) is -2.37. The predicted octanol–water partition coefficient (Wildman–Crippen LogP) is 0.846. The van der Waals surface area contributed by atoms with Gasteiger partial charge in [-0.25, -0.2) is 4.79 Å². The number of carbonyl (C=O) groups excluding carboxylic acids is 3. The molecule has 1 aromatic carbocycles. The van der Waals surface area contributed by atoms with Crippen molar-refractivity contribution in [1.82, 2.24) is 0 Å². The number of aliphatic hydroxyl groups is 1. The molecule has 1 aliphatic heterocycles. The lowest BCUT2D eigenvalue weighted by Gasteiger charge is -2.10. The number of nitrogens with zero attached hydrogens (tertiary/aromatic N) is 1. The average Bonchev–Trinajstić information content (AvgIpc) is 2.72. The average molecular weight is 275 g/mol. The van der Waals surface area contributed by atoms with Crippen LogP contribution in [0.5, 0.6) is 0 Å². The van der Waals surface area contributed by atoms with Crippen LogP contribution in [0.25, 0.3) is 5.76 Å². The van der Waals surface area contributed by atoms with Crippen molar-refractivity contribution in [2.24, 2.45) is 0 Å². The van der Waals surface area contributed by atoms with Crippen molar-refractivity contribution >= 4 is 29.1 Å². The summed E-state index contributed by atoms with van der Waals surface area (Å²) in [4.78, 5) is 35.4. The standard InChI is InChI=1S/C14H13NO5/c1-15-10-4-3-8(5-9(10)6-13(15)18)11(16)7-12(17)14(19)20-2/h3-5,7,16H,6H2,1-2H3/b11-7-. The number of anilines is 1. The van der Waals surface area contributed by atoms with Crippen LogP contribution in [0, 0.1) is 0 Å². The molecule has 6 heteroatoms. The van der Waals surface area contributed by atoms with Crippen molar-refractivity contribution in [2.75, 3.05) is 19.1 Å². The molecule has 20 heavy (non-hydrogen) atoms. The number of hydrogen-bond acceptors (Lipinski definition) is 5. The zero-order valence-electron chi connectivity index (χ0n) is 11.0. The largest absolute Gasteiger partial charge is 0.507 e. The van der Waals surface area contributed by atoms with Gasteiger partial charge in [-0.05, 0) is 23.8 Å². The first-order chi connectivity index (χ1) is 9.43. The van der Waals surface area contributed by atoms with E-state index in [2.05, 4.69) is 4.74 Å². The van der Waals surface area contributed by atoms with Gasteiger partial charge in [-0.1, -0.05) is 0 Å². The van der Waals surface area contributed by atoms with Crippen molar-refractivity contribution < 1.29 is 24.2 Å². The third-order valence-electron chi connectivity index (χ3n) is 3.11. The van der Waals surface area contributed by atoms with Crippen LogP contribution in [-0.2, 0) is 25.5 Å². The highest BCUT2D eigenvalue weighted by molar-refractivity contribution is 6.39. The van der Waals surface area contributed by atoms with Gasteiger partial charge in [0.25, 0.3) is 5.78 Å². The summed E-state index contributed by atoms with van der Waals surface area (Å²) in [5.41, 5.74) is 1.90. The van der Waals surface area contributed by atoms with E-state index in [1.165, 1.54) is 4.90 Å². The fraction of sp³-hybridized carbons (Fsp3) is 0.214. The second-order valence-corrected chi connectivity index (χ2v) is 4.36. The molecule has 1 N–H and O–H groups in total. The quantitative estimate of drug-likeness (QED) is 0.382. The minimum absolute atomic E-state index is 0.0359. The van der Waals surface area contributed by atoms with Gasteiger partial charge in [0.1, 0.15) is 5.76 Å². The molecule has 0 aliphatic carbocycles. The third-order valence-corrected chi connectivity index (χ3v) is 3.11. The maximum absolute atomic E-state index is 11.6. The van der Waals surface area contributed by atoms with Gasteiger partial charge in [-0.15, -0.1) is 0 Å². The van der Waals surface area contributed by atoms with E-state index in [4.69, 9.17) is 0 Å². The lowest BCUT2D eigenvalue weighted by Crippen LogP contribution is -2.20. The van der Waals surface area contributed by atoms with Gasteiger partial charge < -0.3 is 14.7 Å². The van der Waals surface area contributed by atoms with E-state index in [1.807, 2.05) is 0 Å². The van der Waals surface area contributed by atoms with Gasteiger partial charge in [0.15, 0.2) is 0 Å². The number of hydrogen-bond donors (Lipinski definition) is 1. The molecule has 0 unspecified atom stereocenters. The molecule has 0 fully saturated rings. The highest BCUT2D eigenvalue weighted by Crippen LogP contribution is 2.29. The fourth-order valence-electron chi connectivity index (χ4n) is 2.00. The number of carbonyl (C=O) groups is 3. The molecule has 2 rings (SSSR count). The zero-order chi connectivity index (χ0) is 14.9. The van der Waals surface area contributed by atoms with E-state index in [-0.39, 0.29) is 18.1 Å². The Hall–Kier alpha value is -2.63. The number of amides is 1. The molecule has 0 bridgehead atoms. The monoisotopic (exact) mass is 275 g/mol. The summed E-state index contributed by atoms with van der Waals surface area (Å²) in [5, 5.41) is 9.83. The molecule has 0 spiro atoms. The fourth-order valence-corrected chi connectivity index (χ4v) is 2.00. The number of rotatable bonds is 3. The minimum atomic E-state index is -1.05. The van der Waals surface area contributed by atoms with Crippen molar-refractivity contribution in [1.29, 1.82) is 0 Å². The number of aliphatic hydroxyl groups excluding tert-OH is 1. The normalized spacial score (nSPS) is 14.2. The molecule has 0 atom stereocenters. The van der Waals surface area contributed by atoms with Crippen LogP contribution < -0.4 is 4.90 Å². The Kier molecular flexibility index (Phi) is 3.56. The van der Waals surface area contributed by atoms with Crippen LogP contribution in [-0.4, -0.2) is 36.9 Å². The van der Waals surface area contributed by atoms with Crippen LogP contribution in [0.15, 0.2) is 24.3 Å². The summed E-state index contributed by atoms with van der Waals surface area (Å²) in [6.45, 7) is 0. The van der Waals surface area contributed by atoms with E-state index in [1.54, 1.807) is 25.2 Å². The van der Waals surface area contributed by atoms with Gasteiger partial charge in [-0.3, -0.25) is 9.59 Å². The van der Waals surface area contributed by atoms with Gasteiger partial charge >= 0.3 is 5.97 Å². The first kappa shape index (κ1) is 13.8. The number of benzene rings is 1. The van der Waals surface area contributed by atoms with Gasteiger partial charge in [-0.2, -0.15) is 0 Å². The summed E-state index contributed by atoms with van der Waals surface area (Å²) in [6.07, 6.45) is 1.05. The van der Waals surface area contributed by atoms with Gasteiger partial charge in [0.2, 0.25) is 5.91 Å². The zero-order valence-corrected chi connectivity index (χ0v) is 11.0. The number of ketones is 1. The molecule has 0 saturated carbocycles. The van der Waals surface area contributed by atoms with Gasteiger partial charge in [0.05, 0.1) is 13.5 Å². The maximum Gasteiger partial charge on any atom is 0.378 e. The second-order valence-electron chi connectivity index (χ2n) is 4.36. The molecular formula is C14H13NO5. The van der Waals surface area contributed by atoms with Crippen molar-refractivity contribution in [2.45, 2.75) is 6.42 Å². The van der Waals surface area contributed by atoms with Gasteiger partial charge in [0, 0.05) is 24.4 Å². The highest BCUT2D eigenvalue weighted by atomic mass is 16.5. The molecule has 1 aliphatic rings. The van der Waals surface area contributed by atoms with E-state index >= 15 is 0 Å². The number of esters is 1. The molecule has 6 nitrogen and oxygen atoms in total. The first-order valence-corrected chi connectivity index (χ1v) is 5.87. The van der Waals surface area contributed by atoms with Crippen LogP contribution in [0.2, 0.25) is 0 Å². The molecule has 0 radical (unpaired) electrons. The minimum Gasteiger partial charge on any atom is -0.507 e. The lowest BCUT2D eigenvalue weighted by atomic mass is 10.1. The van der Waals surface area contributed by atoms with E-state index in [9.17, 15) is 19.5 Å². The molecule has 1 aromatic rings. The predicted molar refractivity (Wildman–Crippen MR) is 71.2 cm³/mol. The molecule has 1 amide bonds. The maximum atomic E-state index is 11.6. The summed E-state index contributed by atoms with van der Waals surface area (Å²) in [7, 11) is 2.76. The van der Waals surface area contributed by atoms with Crippen LogP contribution in [0.3, 0.4) is 0 Å². The lowest BCUT2D eigenvalue weighted by molar-refractivity contribution is -0.149. The number of fused-ring (bicyclic) bond motifs is 1. The smallest absolute Gasteiger partial charge is 0.378 e. The molecular weight excluding hydrogens is 262 g/mol. The third kappa shape index (κ3) is 2.40. The Morgan fingerprint density at radius 2 is 2.10 bits per heavy atom. The first-order valence-electron chi connectivity index (χ1n) is 5.87. The Balaban J connectivity index is 2.30.